The van der Waals surface area contributed by atoms with Crippen molar-refractivity contribution in [2.24, 2.45) is 0 Å². The molecule has 1 N–H and O–H groups in total. The molecule has 1 aromatic rings. The van der Waals surface area contributed by atoms with E-state index in [1.54, 1.807) is 6.92 Å². The molecule has 1 heterocycles. The molecular weight excluding hydrogens is 251 g/mol. The van der Waals surface area contributed by atoms with Gasteiger partial charge in [-0.3, -0.25) is 0 Å². The Balaban J connectivity index is 3.11. The molecule has 1 nitrogen and oxygen atoms in total. The number of aliphatic hydroxyl groups is 1. The molecule has 1 atom stereocenters. The summed E-state index contributed by atoms with van der Waals surface area (Å²) in [4.78, 5) is 0.832. The van der Waals surface area contributed by atoms with Crippen LogP contribution in [-0.2, 0) is 0 Å². The normalized spacial score (nSPS) is 15.2. The van der Waals surface area contributed by atoms with Crippen LogP contribution in [0.4, 0.5) is 22.0 Å². The Morgan fingerprint density at radius 3 is 2.00 bits per heavy atom. The van der Waals surface area contributed by atoms with Gasteiger partial charge >= 0.3 is 12.1 Å². The lowest BCUT2D eigenvalue weighted by Gasteiger charge is -2.24. The van der Waals surface area contributed by atoms with Crippen LogP contribution in [0.15, 0.2) is 6.07 Å². The molecule has 0 fully saturated rings. The van der Waals surface area contributed by atoms with Crippen molar-refractivity contribution in [3.63, 3.8) is 0 Å². The third-order valence-electron chi connectivity index (χ3n) is 2.10. The zero-order valence-corrected chi connectivity index (χ0v) is 9.22. The van der Waals surface area contributed by atoms with Crippen molar-refractivity contribution in [1.82, 2.24) is 0 Å². The zero-order chi connectivity index (χ0) is 12.7. The number of hydrogen-bond acceptors (Lipinski definition) is 2. The smallest absolute Gasteiger partial charge is 0.382 e. The Bertz CT molecular complexity index is 382. The van der Waals surface area contributed by atoms with Gasteiger partial charge in [-0.05, 0) is 19.9 Å². The largest absolute Gasteiger partial charge is 0.456 e. The first-order chi connectivity index (χ1) is 7.07. The van der Waals surface area contributed by atoms with Gasteiger partial charge in [-0.25, -0.2) is 0 Å². The van der Waals surface area contributed by atoms with Crippen molar-refractivity contribution in [1.29, 1.82) is 0 Å². The molecule has 0 amide bonds. The molecule has 1 rings (SSSR count). The summed E-state index contributed by atoms with van der Waals surface area (Å²) in [6, 6.07) is 1.14. The molecule has 92 valence electrons. The van der Waals surface area contributed by atoms with E-state index in [2.05, 4.69) is 0 Å². The molecule has 0 bridgehead atoms. The molecular formula is C9H9F5OS. The van der Waals surface area contributed by atoms with Crippen LogP contribution in [0.5, 0.6) is 0 Å². The monoisotopic (exact) mass is 260 g/mol. The average Bonchev–Trinajstić information content (AvgIpc) is 2.41. The van der Waals surface area contributed by atoms with Crippen LogP contribution in [-0.4, -0.2) is 17.2 Å². The minimum absolute atomic E-state index is 0.258. The van der Waals surface area contributed by atoms with Gasteiger partial charge in [0.15, 0.2) is 6.10 Å². The highest BCUT2D eigenvalue weighted by atomic mass is 32.1. The minimum Gasteiger partial charge on any atom is -0.382 e. The van der Waals surface area contributed by atoms with Gasteiger partial charge < -0.3 is 5.11 Å². The van der Waals surface area contributed by atoms with Crippen molar-refractivity contribution < 1.29 is 27.1 Å². The molecule has 0 aliphatic heterocycles. The van der Waals surface area contributed by atoms with E-state index in [0.29, 0.717) is 4.88 Å². The topological polar surface area (TPSA) is 20.2 Å². The Hall–Kier alpha value is -0.690. The summed E-state index contributed by atoms with van der Waals surface area (Å²) in [5.41, 5.74) is -0.371. The molecule has 0 aliphatic carbocycles. The fourth-order valence-corrected chi connectivity index (χ4v) is 2.23. The van der Waals surface area contributed by atoms with E-state index in [9.17, 15) is 22.0 Å². The van der Waals surface area contributed by atoms with Gasteiger partial charge in [0.05, 0.1) is 0 Å². The lowest BCUT2D eigenvalue weighted by atomic mass is 10.0. The van der Waals surface area contributed by atoms with Gasteiger partial charge in [0.1, 0.15) is 0 Å². The summed E-state index contributed by atoms with van der Waals surface area (Å²) >= 11 is 1.06. The van der Waals surface area contributed by atoms with Gasteiger partial charge in [-0.15, -0.1) is 11.3 Å². The molecule has 7 heteroatoms. The van der Waals surface area contributed by atoms with Crippen LogP contribution < -0.4 is 0 Å². The summed E-state index contributed by atoms with van der Waals surface area (Å²) in [6.07, 6.45) is -8.60. The lowest BCUT2D eigenvalue weighted by Crippen LogP contribution is -2.42. The number of thiophene rings is 1. The summed E-state index contributed by atoms with van der Waals surface area (Å²) in [6.45, 7) is 2.96. The zero-order valence-electron chi connectivity index (χ0n) is 8.40. The summed E-state index contributed by atoms with van der Waals surface area (Å²) in [5, 5.41) is 9.11. The van der Waals surface area contributed by atoms with Gasteiger partial charge in [0.25, 0.3) is 0 Å². The maximum absolute atomic E-state index is 12.8. The van der Waals surface area contributed by atoms with E-state index < -0.39 is 18.2 Å². The number of alkyl halides is 5. The third-order valence-corrected chi connectivity index (χ3v) is 3.08. The molecule has 0 aromatic carbocycles. The van der Waals surface area contributed by atoms with E-state index in [1.165, 1.54) is 6.92 Å². The second kappa shape index (κ2) is 3.96. The molecule has 16 heavy (non-hydrogen) atoms. The highest BCUT2D eigenvalue weighted by molar-refractivity contribution is 7.12. The standard InChI is InChI=1S/C9H9F5OS/c1-4-3-6(5(2)16-4)7(15)8(10,11)9(12,13)14/h3,7,15H,1-2H3. The summed E-state index contributed by atoms with van der Waals surface area (Å²) in [5.74, 6) is -5.13. The van der Waals surface area contributed by atoms with E-state index in [1.807, 2.05) is 0 Å². The SMILES string of the molecule is Cc1cc(C(O)C(F)(F)C(F)(F)F)c(C)s1. The first-order valence-corrected chi connectivity index (χ1v) is 5.08. The fourth-order valence-electron chi connectivity index (χ4n) is 1.27. The maximum Gasteiger partial charge on any atom is 0.456 e. The van der Waals surface area contributed by atoms with Crippen molar-refractivity contribution in [3.05, 3.63) is 21.4 Å². The highest BCUT2D eigenvalue weighted by Crippen LogP contribution is 2.46. The van der Waals surface area contributed by atoms with Crippen molar-refractivity contribution in [2.75, 3.05) is 0 Å². The second-order valence-electron chi connectivity index (χ2n) is 3.39. The van der Waals surface area contributed by atoms with Crippen molar-refractivity contribution >= 4 is 11.3 Å². The van der Waals surface area contributed by atoms with Crippen LogP contribution >= 0.6 is 11.3 Å². The van der Waals surface area contributed by atoms with Crippen molar-refractivity contribution in [2.45, 2.75) is 32.1 Å². The molecule has 0 saturated heterocycles. The first kappa shape index (κ1) is 13.4. The second-order valence-corrected chi connectivity index (χ2v) is 4.85. The van der Waals surface area contributed by atoms with Crippen LogP contribution in [0.2, 0.25) is 0 Å². The van der Waals surface area contributed by atoms with E-state index >= 15 is 0 Å². The molecule has 1 unspecified atom stereocenters. The average molecular weight is 260 g/mol. The van der Waals surface area contributed by atoms with E-state index in [-0.39, 0.29) is 10.4 Å². The van der Waals surface area contributed by atoms with Gasteiger partial charge in [0.2, 0.25) is 0 Å². The Labute approximate surface area is 92.5 Å². The van der Waals surface area contributed by atoms with Gasteiger partial charge in [-0.1, -0.05) is 0 Å². The summed E-state index contributed by atoms with van der Waals surface area (Å²) < 4.78 is 61.7. The number of hydrogen-bond donors (Lipinski definition) is 1. The van der Waals surface area contributed by atoms with Crippen LogP contribution in [0, 0.1) is 13.8 Å². The lowest BCUT2D eigenvalue weighted by molar-refractivity contribution is -0.315. The molecule has 0 saturated carbocycles. The number of aliphatic hydroxyl groups excluding tert-OH is 1. The third kappa shape index (κ3) is 2.20. The molecule has 0 radical (unpaired) electrons. The fraction of sp³-hybridized carbons (Fsp3) is 0.556. The van der Waals surface area contributed by atoms with Crippen LogP contribution in [0.1, 0.15) is 21.4 Å². The number of halogens is 5. The summed E-state index contributed by atoms with van der Waals surface area (Å²) in [7, 11) is 0. The van der Waals surface area contributed by atoms with Crippen molar-refractivity contribution in [3.8, 4) is 0 Å². The molecule has 0 spiro atoms. The Morgan fingerprint density at radius 1 is 1.19 bits per heavy atom. The van der Waals surface area contributed by atoms with Crippen LogP contribution in [0.3, 0.4) is 0 Å². The predicted octanol–water partition coefficient (Wildman–Crippen LogP) is 3.60. The Kier molecular flexibility index (Phi) is 3.31. The molecule has 1 aromatic heterocycles. The Morgan fingerprint density at radius 2 is 1.69 bits per heavy atom. The minimum atomic E-state index is -5.76. The predicted molar refractivity (Wildman–Crippen MR) is 49.8 cm³/mol. The van der Waals surface area contributed by atoms with Gasteiger partial charge in [0, 0.05) is 15.3 Å². The van der Waals surface area contributed by atoms with Gasteiger partial charge in [-0.2, -0.15) is 22.0 Å². The highest BCUT2D eigenvalue weighted by Gasteiger charge is 2.62. The number of aryl methyl sites for hydroxylation is 2. The van der Waals surface area contributed by atoms with Crippen LogP contribution in [0.25, 0.3) is 0 Å². The molecule has 0 aliphatic rings. The maximum atomic E-state index is 12.8. The van der Waals surface area contributed by atoms with E-state index in [0.717, 1.165) is 17.4 Å². The van der Waals surface area contributed by atoms with E-state index in [4.69, 9.17) is 5.11 Å². The first-order valence-electron chi connectivity index (χ1n) is 4.27. The quantitative estimate of drug-likeness (QED) is 0.805. The number of rotatable bonds is 2.